The van der Waals surface area contributed by atoms with Crippen molar-refractivity contribution in [2.24, 2.45) is 0 Å². The van der Waals surface area contributed by atoms with E-state index < -0.39 is 17.8 Å². The maximum atomic E-state index is 13.1. The van der Waals surface area contributed by atoms with Crippen LogP contribution in [0, 0.1) is 5.82 Å². The highest BCUT2D eigenvalue weighted by atomic mass is 19.1. The highest BCUT2D eigenvalue weighted by Crippen LogP contribution is 2.32. The number of benzene rings is 2. The maximum Gasteiger partial charge on any atom is 0.319 e. The molecule has 0 aromatic heterocycles. The van der Waals surface area contributed by atoms with Crippen molar-refractivity contribution in [1.82, 2.24) is 5.32 Å². The van der Waals surface area contributed by atoms with E-state index in [1.54, 1.807) is 6.07 Å². The summed E-state index contributed by atoms with van der Waals surface area (Å²) in [6, 6.07) is 11.1. The Balaban J connectivity index is 2.00. The number of rotatable bonds is 6. The number of hydrogen-bond acceptors (Lipinski definition) is 2. The third kappa shape index (κ3) is 5.81. The van der Waals surface area contributed by atoms with E-state index in [0.29, 0.717) is 5.69 Å². The smallest absolute Gasteiger partial charge is 0.319 e. The van der Waals surface area contributed by atoms with Gasteiger partial charge in [-0.05, 0) is 41.2 Å². The van der Waals surface area contributed by atoms with Crippen LogP contribution in [0.2, 0.25) is 0 Å². The second-order valence-electron chi connectivity index (χ2n) is 6.99. The zero-order chi connectivity index (χ0) is 20.0. The standard InChI is InChI=1S/C21H26FN3O2/c1-13(2)17-9-6-10-18(14(3)4)20(17)25-21(27)23-12-19(26)24-16-8-5-7-15(22)11-16/h5-11,13-14H,12H2,1-4H3,(H,24,26)(H2,23,25,27). The molecule has 0 aliphatic heterocycles. The molecule has 0 fully saturated rings. The predicted molar refractivity (Wildman–Crippen MR) is 107 cm³/mol. The first kappa shape index (κ1) is 20.4. The Labute approximate surface area is 159 Å². The molecule has 0 radical (unpaired) electrons. The fourth-order valence-corrected chi connectivity index (χ4v) is 2.79. The number of halogens is 1. The Morgan fingerprint density at radius 3 is 2.07 bits per heavy atom. The molecule has 6 heteroatoms. The maximum absolute atomic E-state index is 13.1. The molecule has 0 saturated carbocycles. The van der Waals surface area contributed by atoms with Crippen LogP contribution < -0.4 is 16.0 Å². The van der Waals surface area contributed by atoms with Gasteiger partial charge < -0.3 is 16.0 Å². The molecule has 27 heavy (non-hydrogen) atoms. The summed E-state index contributed by atoms with van der Waals surface area (Å²) in [7, 11) is 0. The van der Waals surface area contributed by atoms with E-state index in [0.717, 1.165) is 16.8 Å². The quantitative estimate of drug-likeness (QED) is 0.680. The minimum Gasteiger partial charge on any atom is -0.329 e. The molecule has 0 heterocycles. The molecule has 0 atom stereocenters. The van der Waals surface area contributed by atoms with Crippen LogP contribution in [-0.2, 0) is 4.79 Å². The van der Waals surface area contributed by atoms with Gasteiger partial charge in [-0.25, -0.2) is 9.18 Å². The van der Waals surface area contributed by atoms with Gasteiger partial charge in [-0.3, -0.25) is 4.79 Å². The lowest BCUT2D eigenvalue weighted by Gasteiger charge is -2.20. The molecular formula is C21H26FN3O2. The van der Waals surface area contributed by atoms with Crippen molar-refractivity contribution in [3.05, 3.63) is 59.4 Å². The summed E-state index contributed by atoms with van der Waals surface area (Å²) >= 11 is 0. The summed E-state index contributed by atoms with van der Waals surface area (Å²) in [5.74, 6) is -0.382. The third-order valence-corrected chi connectivity index (χ3v) is 4.13. The second-order valence-corrected chi connectivity index (χ2v) is 6.99. The lowest BCUT2D eigenvalue weighted by molar-refractivity contribution is -0.115. The van der Waals surface area contributed by atoms with Crippen LogP contribution in [0.3, 0.4) is 0 Å². The number of carbonyl (C=O) groups excluding carboxylic acids is 2. The largest absolute Gasteiger partial charge is 0.329 e. The van der Waals surface area contributed by atoms with Crippen molar-refractivity contribution in [3.8, 4) is 0 Å². The molecule has 0 saturated heterocycles. The summed E-state index contributed by atoms with van der Waals surface area (Å²) in [6.45, 7) is 8.04. The molecule has 0 unspecified atom stereocenters. The van der Waals surface area contributed by atoms with E-state index in [2.05, 4.69) is 43.6 Å². The molecule has 5 nitrogen and oxygen atoms in total. The van der Waals surface area contributed by atoms with Crippen LogP contribution in [0.25, 0.3) is 0 Å². The minimum absolute atomic E-state index is 0.219. The van der Waals surface area contributed by atoms with Gasteiger partial charge in [0.1, 0.15) is 5.82 Å². The molecule has 0 aliphatic carbocycles. The topological polar surface area (TPSA) is 70.2 Å². The lowest BCUT2D eigenvalue weighted by atomic mass is 9.93. The van der Waals surface area contributed by atoms with Crippen LogP contribution in [-0.4, -0.2) is 18.5 Å². The van der Waals surface area contributed by atoms with Gasteiger partial charge in [-0.15, -0.1) is 0 Å². The van der Waals surface area contributed by atoms with Gasteiger partial charge in [0.25, 0.3) is 0 Å². The van der Waals surface area contributed by atoms with E-state index in [9.17, 15) is 14.0 Å². The first-order valence-electron chi connectivity index (χ1n) is 9.01. The number of anilines is 2. The summed E-state index contributed by atoms with van der Waals surface area (Å²) in [5.41, 5.74) is 3.21. The molecule has 0 aliphatic rings. The van der Waals surface area contributed by atoms with Gasteiger partial charge in [0, 0.05) is 11.4 Å². The number of carbonyl (C=O) groups is 2. The monoisotopic (exact) mass is 371 g/mol. The van der Waals surface area contributed by atoms with E-state index in [1.165, 1.54) is 18.2 Å². The number of hydrogen-bond donors (Lipinski definition) is 3. The van der Waals surface area contributed by atoms with Gasteiger partial charge in [-0.2, -0.15) is 0 Å². The number of urea groups is 1. The molecule has 3 N–H and O–H groups in total. The van der Waals surface area contributed by atoms with Crippen molar-refractivity contribution in [1.29, 1.82) is 0 Å². The third-order valence-electron chi connectivity index (χ3n) is 4.13. The highest BCUT2D eigenvalue weighted by molar-refractivity contribution is 5.97. The average molecular weight is 371 g/mol. The number of nitrogens with one attached hydrogen (secondary N) is 3. The van der Waals surface area contributed by atoms with E-state index in [-0.39, 0.29) is 18.4 Å². The second kappa shape index (κ2) is 9.16. The summed E-state index contributed by atoms with van der Waals surface area (Å²) in [5, 5.41) is 7.96. The normalized spacial score (nSPS) is 10.8. The molecule has 3 amide bonds. The van der Waals surface area contributed by atoms with Crippen molar-refractivity contribution in [2.75, 3.05) is 17.2 Å². The Hall–Kier alpha value is -2.89. The molecule has 2 aromatic rings. The lowest BCUT2D eigenvalue weighted by Crippen LogP contribution is -2.36. The van der Waals surface area contributed by atoms with Crippen LogP contribution in [0.4, 0.5) is 20.6 Å². The van der Waals surface area contributed by atoms with Gasteiger partial charge in [0.15, 0.2) is 0 Å². The molecule has 2 aromatic carbocycles. The summed E-state index contributed by atoms with van der Waals surface area (Å²) in [4.78, 5) is 24.3. The van der Waals surface area contributed by atoms with Crippen LogP contribution in [0.1, 0.15) is 50.7 Å². The summed E-state index contributed by atoms with van der Waals surface area (Å²) < 4.78 is 13.1. The van der Waals surface area contributed by atoms with Crippen LogP contribution in [0.5, 0.6) is 0 Å². The molecular weight excluding hydrogens is 345 g/mol. The van der Waals surface area contributed by atoms with Crippen molar-refractivity contribution in [3.63, 3.8) is 0 Å². The highest BCUT2D eigenvalue weighted by Gasteiger charge is 2.16. The van der Waals surface area contributed by atoms with Gasteiger partial charge in [0.2, 0.25) is 5.91 Å². The minimum atomic E-state index is -0.459. The van der Waals surface area contributed by atoms with Gasteiger partial charge in [-0.1, -0.05) is 52.0 Å². The van der Waals surface area contributed by atoms with Crippen LogP contribution >= 0.6 is 0 Å². The Bertz CT molecular complexity index is 793. The zero-order valence-corrected chi connectivity index (χ0v) is 16.1. The molecule has 0 bridgehead atoms. The van der Waals surface area contributed by atoms with Crippen molar-refractivity contribution >= 4 is 23.3 Å². The van der Waals surface area contributed by atoms with Gasteiger partial charge >= 0.3 is 6.03 Å². The van der Waals surface area contributed by atoms with Crippen molar-refractivity contribution in [2.45, 2.75) is 39.5 Å². The molecule has 2 rings (SSSR count). The fraction of sp³-hybridized carbons (Fsp3) is 0.333. The SMILES string of the molecule is CC(C)c1cccc(C(C)C)c1NC(=O)NCC(=O)Nc1cccc(F)c1. The zero-order valence-electron chi connectivity index (χ0n) is 16.1. The van der Waals surface area contributed by atoms with E-state index in [1.807, 2.05) is 18.2 Å². The summed E-state index contributed by atoms with van der Waals surface area (Å²) in [6.07, 6.45) is 0. The van der Waals surface area contributed by atoms with E-state index in [4.69, 9.17) is 0 Å². The van der Waals surface area contributed by atoms with Crippen molar-refractivity contribution < 1.29 is 14.0 Å². The Morgan fingerprint density at radius 1 is 0.926 bits per heavy atom. The average Bonchev–Trinajstić information content (AvgIpc) is 2.59. The number of amides is 3. The Kier molecular flexibility index (Phi) is 6.93. The first-order chi connectivity index (χ1) is 12.8. The van der Waals surface area contributed by atoms with Crippen LogP contribution in [0.15, 0.2) is 42.5 Å². The first-order valence-corrected chi connectivity index (χ1v) is 9.01. The predicted octanol–water partition coefficient (Wildman–Crippen LogP) is 4.83. The number of para-hydroxylation sites is 1. The van der Waals surface area contributed by atoms with Gasteiger partial charge in [0.05, 0.1) is 6.54 Å². The molecule has 144 valence electrons. The fourth-order valence-electron chi connectivity index (χ4n) is 2.79. The van der Waals surface area contributed by atoms with E-state index >= 15 is 0 Å². The Morgan fingerprint density at radius 2 is 1.52 bits per heavy atom. The molecule has 0 spiro atoms.